The third-order valence-electron chi connectivity index (χ3n) is 5.55. The van der Waals surface area contributed by atoms with Crippen molar-refractivity contribution in [2.75, 3.05) is 19.5 Å². The molecule has 1 heterocycles. The first-order valence-corrected chi connectivity index (χ1v) is 10.8. The Labute approximate surface area is 211 Å². The van der Waals surface area contributed by atoms with Gasteiger partial charge in [-0.25, -0.2) is 0 Å². The zero-order chi connectivity index (χ0) is 27.7. The van der Waals surface area contributed by atoms with Gasteiger partial charge in [0.2, 0.25) is 0 Å². The predicted molar refractivity (Wildman–Crippen MR) is 124 cm³/mol. The first kappa shape index (κ1) is 26.6. The quantitative estimate of drug-likeness (QED) is 0.264. The molecule has 200 valence electrons. The summed E-state index contributed by atoms with van der Waals surface area (Å²) in [6, 6.07) is 10.3. The van der Waals surface area contributed by atoms with Gasteiger partial charge in [-0.05, 0) is 48.5 Å². The van der Waals surface area contributed by atoms with E-state index in [2.05, 4.69) is 15.5 Å². The lowest BCUT2D eigenvalue weighted by atomic mass is 10.0. The molecular weight excluding hydrogens is 520 g/mol. The van der Waals surface area contributed by atoms with Crippen LogP contribution in [0.1, 0.15) is 27.0 Å². The average molecular weight is 539 g/mol. The maximum Gasteiger partial charge on any atom is 0.416 e. The van der Waals surface area contributed by atoms with Gasteiger partial charge in [0.05, 0.1) is 30.9 Å². The predicted octanol–water partition coefficient (Wildman–Crippen LogP) is 6.45. The van der Waals surface area contributed by atoms with Crippen molar-refractivity contribution in [1.29, 1.82) is 0 Å². The van der Waals surface area contributed by atoms with Gasteiger partial charge in [-0.2, -0.15) is 31.4 Å². The van der Waals surface area contributed by atoms with Crippen molar-refractivity contribution in [3.63, 3.8) is 0 Å². The molecule has 0 bridgehead atoms. The van der Waals surface area contributed by atoms with Gasteiger partial charge in [0.25, 0.3) is 5.91 Å². The molecule has 3 aromatic carbocycles. The molecule has 0 saturated heterocycles. The summed E-state index contributed by atoms with van der Waals surface area (Å²) in [5.74, 6) is 0.469. The van der Waals surface area contributed by atoms with E-state index in [-0.39, 0.29) is 23.2 Å². The van der Waals surface area contributed by atoms with Gasteiger partial charge in [0.1, 0.15) is 12.4 Å². The summed E-state index contributed by atoms with van der Waals surface area (Å²) in [6.45, 7) is -0.649. The van der Waals surface area contributed by atoms with Gasteiger partial charge in [-0.15, -0.1) is 0 Å². The topological polar surface area (TPSA) is 85.5 Å². The van der Waals surface area contributed by atoms with Crippen molar-refractivity contribution in [2.45, 2.75) is 19.0 Å². The molecule has 7 nitrogen and oxygen atoms in total. The van der Waals surface area contributed by atoms with Gasteiger partial charge < -0.3 is 19.5 Å². The molecule has 0 aliphatic rings. The maximum absolute atomic E-state index is 13.4. The number of carbonyl (C=O) groups excluding carboxylic acids is 1. The maximum atomic E-state index is 13.4. The van der Waals surface area contributed by atoms with Crippen LogP contribution in [-0.2, 0) is 19.0 Å². The smallest absolute Gasteiger partial charge is 0.416 e. The number of nitrogens with one attached hydrogen (secondary N) is 2. The van der Waals surface area contributed by atoms with Crippen molar-refractivity contribution < 1.29 is 45.3 Å². The lowest BCUT2D eigenvalue weighted by Gasteiger charge is -2.16. The van der Waals surface area contributed by atoms with Gasteiger partial charge in [0.15, 0.2) is 17.3 Å². The molecule has 2 N–H and O–H groups in total. The highest BCUT2D eigenvalue weighted by Crippen LogP contribution is 2.38. The molecule has 1 aromatic heterocycles. The highest BCUT2D eigenvalue weighted by molar-refractivity contribution is 6.08. The van der Waals surface area contributed by atoms with Crippen molar-refractivity contribution in [3.05, 3.63) is 76.9 Å². The number of H-pyrrole nitrogens is 1. The SMILES string of the molecule is COc1ccc(C(=O)Nc2n[nH]c3ccc(OCc4ccc(C(F)(F)F)cc4C(F)(F)F)cc23)cc1OC. The number of anilines is 1. The fourth-order valence-corrected chi connectivity index (χ4v) is 3.64. The van der Waals surface area contributed by atoms with E-state index in [9.17, 15) is 31.1 Å². The Hall–Kier alpha value is -4.42. The molecule has 1 amide bonds. The summed E-state index contributed by atoms with van der Waals surface area (Å²) < 4.78 is 94.8. The van der Waals surface area contributed by atoms with Crippen molar-refractivity contribution in [3.8, 4) is 17.2 Å². The Kier molecular flexibility index (Phi) is 7.11. The monoisotopic (exact) mass is 539 g/mol. The van der Waals surface area contributed by atoms with E-state index in [1.807, 2.05) is 0 Å². The van der Waals surface area contributed by atoms with Crippen LogP contribution in [0.2, 0.25) is 0 Å². The zero-order valence-corrected chi connectivity index (χ0v) is 19.8. The van der Waals surface area contributed by atoms with Gasteiger partial charge in [-0.1, -0.05) is 6.07 Å². The number of nitrogens with zero attached hydrogens (tertiary/aromatic N) is 1. The van der Waals surface area contributed by atoms with E-state index >= 15 is 0 Å². The summed E-state index contributed by atoms with van der Waals surface area (Å²) in [7, 11) is 2.87. The van der Waals surface area contributed by atoms with Crippen LogP contribution >= 0.6 is 0 Å². The third-order valence-corrected chi connectivity index (χ3v) is 5.55. The highest BCUT2D eigenvalue weighted by atomic mass is 19.4. The van der Waals surface area contributed by atoms with Crippen molar-refractivity contribution in [2.24, 2.45) is 0 Å². The fraction of sp³-hybridized carbons (Fsp3) is 0.200. The summed E-state index contributed by atoms with van der Waals surface area (Å²) in [4.78, 5) is 12.8. The van der Waals surface area contributed by atoms with Crippen LogP contribution in [0.25, 0.3) is 10.9 Å². The van der Waals surface area contributed by atoms with Crippen molar-refractivity contribution >= 4 is 22.6 Å². The minimum Gasteiger partial charge on any atom is -0.493 e. The number of rotatable bonds is 7. The Morgan fingerprint density at radius 3 is 2.29 bits per heavy atom. The minimum atomic E-state index is -5.02. The number of hydrogen-bond donors (Lipinski definition) is 2. The van der Waals surface area contributed by atoms with Crippen LogP contribution < -0.4 is 19.5 Å². The molecule has 0 unspecified atom stereocenters. The van der Waals surface area contributed by atoms with E-state index in [0.29, 0.717) is 28.5 Å². The highest BCUT2D eigenvalue weighted by Gasteiger charge is 2.38. The molecule has 38 heavy (non-hydrogen) atoms. The van der Waals surface area contributed by atoms with Crippen LogP contribution in [0, 0.1) is 0 Å². The number of carbonyl (C=O) groups is 1. The average Bonchev–Trinajstić information content (AvgIpc) is 3.27. The summed E-state index contributed by atoms with van der Waals surface area (Å²) >= 11 is 0. The summed E-state index contributed by atoms with van der Waals surface area (Å²) in [5, 5.41) is 9.79. The second-order valence-corrected chi connectivity index (χ2v) is 7.96. The Bertz CT molecular complexity index is 1480. The first-order chi connectivity index (χ1) is 17.9. The second-order valence-electron chi connectivity index (χ2n) is 7.96. The molecule has 0 atom stereocenters. The molecular formula is C25H19F6N3O4. The Balaban J connectivity index is 1.56. The lowest BCUT2D eigenvalue weighted by molar-refractivity contribution is -0.143. The molecule has 0 aliphatic heterocycles. The molecule has 0 radical (unpaired) electrons. The number of fused-ring (bicyclic) bond motifs is 1. The normalized spacial score (nSPS) is 11.9. The van der Waals surface area contributed by atoms with Gasteiger partial charge >= 0.3 is 12.4 Å². The number of hydrogen-bond acceptors (Lipinski definition) is 5. The minimum absolute atomic E-state index is 0.0553. The molecule has 4 aromatic rings. The number of alkyl halides is 6. The van der Waals surface area contributed by atoms with E-state index in [0.717, 1.165) is 6.07 Å². The van der Waals surface area contributed by atoms with Crippen LogP contribution in [0.4, 0.5) is 32.2 Å². The van der Waals surface area contributed by atoms with Gasteiger partial charge in [0, 0.05) is 16.5 Å². The number of aromatic nitrogens is 2. The Morgan fingerprint density at radius 2 is 1.63 bits per heavy atom. The summed E-state index contributed by atoms with van der Waals surface area (Å²) in [6.07, 6.45) is -9.94. The molecule has 13 heteroatoms. The summed E-state index contributed by atoms with van der Waals surface area (Å²) in [5.41, 5.74) is -2.60. The number of amides is 1. The van der Waals surface area contributed by atoms with Crippen LogP contribution in [0.3, 0.4) is 0 Å². The second kappa shape index (κ2) is 10.1. The zero-order valence-electron chi connectivity index (χ0n) is 19.8. The first-order valence-electron chi connectivity index (χ1n) is 10.8. The van der Waals surface area contributed by atoms with Crippen LogP contribution in [-0.4, -0.2) is 30.3 Å². The third kappa shape index (κ3) is 5.61. The molecule has 0 fully saturated rings. The van der Waals surface area contributed by atoms with Crippen LogP contribution in [0.15, 0.2) is 54.6 Å². The molecule has 4 rings (SSSR count). The molecule has 0 aliphatic carbocycles. The van der Waals surface area contributed by atoms with Crippen molar-refractivity contribution in [1.82, 2.24) is 10.2 Å². The largest absolute Gasteiger partial charge is 0.493 e. The number of methoxy groups -OCH3 is 2. The van der Waals surface area contributed by atoms with E-state index in [1.165, 1.54) is 44.6 Å². The number of ether oxygens (including phenoxy) is 3. The number of benzene rings is 3. The Morgan fingerprint density at radius 1 is 0.895 bits per heavy atom. The number of halogens is 6. The lowest BCUT2D eigenvalue weighted by Crippen LogP contribution is -2.14. The molecule has 0 saturated carbocycles. The van der Waals surface area contributed by atoms with E-state index in [4.69, 9.17) is 14.2 Å². The molecule has 0 spiro atoms. The van der Waals surface area contributed by atoms with E-state index < -0.39 is 41.6 Å². The number of aromatic amines is 1. The van der Waals surface area contributed by atoms with Crippen LogP contribution in [0.5, 0.6) is 17.2 Å². The fourth-order valence-electron chi connectivity index (χ4n) is 3.64. The van der Waals surface area contributed by atoms with Gasteiger partial charge in [-0.3, -0.25) is 9.89 Å². The standard InChI is InChI=1S/C25H19F6N3O4/c1-36-20-8-4-13(9-21(20)37-2)23(35)32-22-17-11-16(6-7-19(17)33-34-22)38-12-14-3-5-15(24(26,27)28)10-18(14)25(29,30)31/h3-11H,12H2,1-2H3,(H2,32,33,34,35). The van der Waals surface area contributed by atoms with E-state index in [1.54, 1.807) is 6.07 Å².